The predicted octanol–water partition coefficient (Wildman–Crippen LogP) is 11.2. The number of hydrogen-bond donors (Lipinski definition) is 0. The summed E-state index contributed by atoms with van der Waals surface area (Å²) < 4.78 is 85.3. The molecule has 6 rings (SSSR count). The number of fused-ring (bicyclic) bond motifs is 3. The van der Waals surface area contributed by atoms with E-state index in [4.69, 9.17) is 0 Å². The van der Waals surface area contributed by atoms with Crippen LogP contribution >= 0.6 is 0 Å². The molecule has 6 heteroatoms. The van der Waals surface area contributed by atoms with E-state index in [1.165, 1.54) is 17.7 Å². The van der Waals surface area contributed by atoms with E-state index in [0.717, 1.165) is 74.0 Å². The van der Waals surface area contributed by atoms with Crippen molar-refractivity contribution in [2.45, 2.75) is 85.0 Å². The second kappa shape index (κ2) is 11.6. The molecular formula is C43H40F6. The van der Waals surface area contributed by atoms with Gasteiger partial charge in [-0.25, -0.2) is 0 Å². The van der Waals surface area contributed by atoms with Crippen LogP contribution in [0.15, 0.2) is 90.5 Å². The maximum absolute atomic E-state index is 14.2. The monoisotopic (exact) mass is 670 g/mol. The van der Waals surface area contributed by atoms with Crippen molar-refractivity contribution in [2.24, 2.45) is 0 Å². The van der Waals surface area contributed by atoms with Gasteiger partial charge >= 0.3 is 12.4 Å². The molecule has 0 nitrogen and oxygen atoms in total. The molecule has 0 saturated heterocycles. The molecule has 0 bridgehead atoms. The first-order chi connectivity index (χ1) is 22.7. The second-order valence-electron chi connectivity index (χ2n) is 15.3. The highest BCUT2D eigenvalue weighted by atomic mass is 19.4. The van der Waals surface area contributed by atoms with Gasteiger partial charge in [0.05, 0.1) is 11.1 Å². The molecule has 254 valence electrons. The van der Waals surface area contributed by atoms with Crippen molar-refractivity contribution in [3.05, 3.63) is 151 Å². The van der Waals surface area contributed by atoms with E-state index in [2.05, 4.69) is 78.8 Å². The quantitative estimate of drug-likeness (QED) is 0.190. The van der Waals surface area contributed by atoms with Crippen LogP contribution in [0.2, 0.25) is 0 Å². The number of halogens is 6. The Morgan fingerprint density at radius 1 is 0.612 bits per heavy atom. The van der Waals surface area contributed by atoms with Crippen molar-refractivity contribution in [3.8, 4) is 11.1 Å². The summed E-state index contributed by atoms with van der Waals surface area (Å²) in [6.45, 7) is 16.8. The largest absolute Gasteiger partial charge is 0.416 e. The van der Waals surface area contributed by atoms with Crippen molar-refractivity contribution in [1.29, 1.82) is 0 Å². The maximum Gasteiger partial charge on any atom is 0.416 e. The van der Waals surface area contributed by atoms with Gasteiger partial charge in [-0.15, -0.1) is 0 Å². The highest BCUT2D eigenvalue weighted by Gasteiger charge is 2.34. The standard InChI is InChI=1S/C43H40F6/c1-24-19-32-31(22-34(24)40(3,4)5)33-23-35(41(6,7)8)25(2)36(39(33)38(32)26-13-9-10-14-26)37(27-15-11-17-29(20-27)42(44,45)46)28-16-12-18-30(21-28)43(47,48)49/h9-13,15-23H,14H2,1-8H3. The molecule has 4 aromatic carbocycles. The van der Waals surface area contributed by atoms with Crippen LogP contribution in [0, 0.1) is 13.8 Å². The lowest BCUT2D eigenvalue weighted by molar-refractivity contribution is -0.138. The maximum atomic E-state index is 14.2. The Labute approximate surface area is 284 Å². The zero-order chi connectivity index (χ0) is 35.8. The van der Waals surface area contributed by atoms with Gasteiger partial charge < -0.3 is 0 Å². The third-order valence-electron chi connectivity index (χ3n) is 9.68. The molecule has 0 saturated carbocycles. The minimum absolute atomic E-state index is 0.163. The summed E-state index contributed by atoms with van der Waals surface area (Å²) in [5, 5.41) is 1.49. The minimum atomic E-state index is -4.64. The Morgan fingerprint density at radius 2 is 1.14 bits per heavy atom. The van der Waals surface area contributed by atoms with E-state index < -0.39 is 28.9 Å². The van der Waals surface area contributed by atoms with E-state index >= 15 is 0 Å². The fraction of sp³-hybridized carbons (Fsp3) is 0.302. The van der Waals surface area contributed by atoms with Crippen molar-refractivity contribution >= 4 is 11.1 Å². The third-order valence-corrected chi connectivity index (χ3v) is 9.68. The zero-order valence-corrected chi connectivity index (χ0v) is 29.1. The van der Waals surface area contributed by atoms with E-state index in [-0.39, 0.29) is 16.5 Å². The average Bonchev–Trinajstić information content (AvgIpc) is 3.62. The van der Waals surface area contributed by atoms with Crippen molar-refractivity contribution in [1.82, 2.24) is 0 Å². The van der Waals surface area contributed by atoms with Gasteiger partial charge in [0.1, 0.15) is 0 Å². The van der Waals surface area contributed by atoms with Gasteiger partial charge in [0.2, 0.25) is 0 Å². The highest BCUT2D eigenvalue weighted by molar-refractivity contribution is 5.98. The molecule has 4 aromatic rings. The van der Waals surface area contributed by atoms with Crippen LogP contribution in [0.25, 0.3) is 22.3 Å². The molecular weight excluding hydrogens is 630 g/mol. The van der Waals surface area contributed by atoms with Crippen LogP contribution in [-0.4, -0.2) is 0 Å². The molecule has 2 aliphatic rings. The first-order valence-corrected chi connectivity index (χ1v) is 16.5. The predicted molar refractivity (Wildman–Crippen MR) is 187 cm³/mol. The number of aryl methyl sites for hydroxylation is 1. The summed E-state index contributed by atoms with van der Waals surface area (Å²) in [5.41, 5.74) is 7.54. The molecule has 0 unspecified atom stereocenters. The lowest BCUT2D eigenvalue weighted by Crippen LogP contribution is -2.36. The molecule has 49 heavy (non-hydrogen) atoms. The SMILES string of the molecule is Cc1cc2c(cc1C(C)(C)C)-c1cc(C(C)(C)C)c(C)c(=C(c3cccc(C(F)(F)F)c3)c3cccc(C(F)(F)F)c3)c1=C2C1=CC=CC1. The normalized spacial score (nSPS) is 14.7. The summed E-state index contributed by atoms with van der Waals surface area (Å²) in [4.78, 5) is 0. The summed E-state index contributed by atoms with van der Waals surface area (Å²) >= 11 is 0. The average molecular weight is 671 g/mol. The van der Waals surface area contributed by atoms with Gasteiger partial charge in [-0.05, 0) is 145 Å². The smallest absolute Gasteiger partial charge is 0.166 e. The Kier molecular flexibility index (Phi) is 8.20. The Bertz CT molecular complexity index is 2130. The van der Waals surface area contributed by atoms with Crippen molar-refractivity contribution < 1.29 is 26.3 Å². The van der Waals surface area contributed by atoms with Gasteiger partial charge in [0, 0.05) is 0 Å². The fourth-order valence-corrected chi connectivity index (χ4v) is 7.55. The van der Waals surface area contributed by atoms with Crippen molar-refractivity contribution in [3.63, 3.8) is 0 Å². The van der Waals surface area contributed by atoms with E-state index in [0.29, 0.717) is 17.2 Å². The summed E-state index contributed by atoms with van der Waals surface area (Å²) in [7, 11) is 0. The Hall–Kier alpha value is -4.32. The van der Waals surface area contributed by atoms with Crippen LogP contribution in [0.4, 0.5) is 26.3 Å². The Morgan fingerprint density at radius 3 is 1.61 bits per heavy atom. The van der Waals surface area contributed by atoms with Crippen molar-refractivity contribution in [2.75, 3.05) is 0 Å². The van der Waals surface area contributed by atoms with Crippen LogP contribution in [-0.2, 0) is 23.2 Å². The van der Waals surface area contributed by atoms with Gasteiger partial charge in [-0.1, -0.05) is 90.1 Å². The van der Waals surface area contributed by atoms with E-state index in [9.17, 15) is 26.3 Å². The molecule has 0 atom stereocenters. The lowest BCUT2D eigenvalue weighted by atomic mass is 9.79. The minimum Gasteiger partial charge on any atom is -0.166 e. The van der Waals surface area contributed by atoms with E-state index in [1.807, 2.05) is 13.0 Å². The van der Waals surface area contributed by atoms with Crippen LogP contribution < -0.4 is 10.4 Å². The summed E-state index contributed by atoms with van der Waals surface area (Å²) in [5.74, 6) is 0. The van der Waals surface area contributed by atoms with Gasteiger partial charge in [-0.3, -0.25) is 0 Å². The molecule has 0 spiro atoms. The molecule has 0 aromatic heterocycles. The summed E-state index contributed by atoms with van der Waals surface area (Å²) in [6, 6.07) is 16.5. The van der Waals surface area contributed by atoms with Crippen LogP contribution in [0.1, 0.15) is 98.0 Å². The molecule has 0 fully saturated rings. The molecule has 0 aliphatic heterocycles. The summed E-state index contributed by atoms with van der Waals surface area (Å²) in [6.07, 6.45) is -2.50. The Balaban J connectivity index is 1.94. The molecule has 0 N–H and O–H groups in total. The first kappa shape index (κ1) is 34.5. The number of hydrogen-bond acceptors (Lipinski definition) is 0. The third kappa shape index (κ3) is 6.19. The molecule has 0 radical (unpaired) electrons. The second-order valence-corrected chi connectivity index (χ2v) is 15.3. The van der Waals surface area contributed by atoms with E-state index in [1.54, 1.807) is 12.1 Å². The highest BCUT2D eigenvalue weighted by Crippen LogP contribution is 2.43. The van der Waals surface area contributed by atoms with Gasteiger partial charge in [-0.2, -0.15) is 26.3 Å². The lowest BCUT2D eigenvalue weighted by Gasteiger charge is -2.25. The number of allylic oxidation sites excluding steroid dienone is 4. The molecule has 0 heterocycles. The number of rotatable bonds is 3. The molecule has 0 amide bonds. The topological polar surface area (TPSA) is 0 Å². The number of alkyl halides is 6. The van der Waals surface area contributed by atoms with Crippen LogP contribution in [0.5, 0.6) is 0 Å². The fourth-order valence-electron chi connectivity index (χ4n) is 7.55. The molecule has 2 aliphatic carbocycles. The first-order valence-electron chi connectivity index (χ1n) is 16.5. The zero-order valence-electron chi connectivity index (χ0n) is 29.1. The van der Waals surface area contributed by atoms with Gasteiger partial charge in [0.15, 0.2) is 0 Å². The van der Waals surface area contributed by atoms with Crippen LogP contribution in [0.3, 0.4) is 0 Å². The van der Waals surface area contributed by atoms with Gasteiger partial charge in [0.25, 0.3) is 0 Å². The number of benzene rings is 4.